The molecular formula is C20H25N3O5S. The lowest BCUT2D eigenvalue weighted by Crippen LogP contribution is -2.48. The molecule has 0 atom stereocenters. The fourth-order valence-corrected chi connectivity index (χ4v) is 4.69. The minimum Gasteiger partial charge on any atom is -0.497 e. The SMILES string of the molecule is COc1ccc(N2CCN(S(=O)(=O)c3ccc(NC(C)=O)c(OC)c3)CC2)cc1. The summed E-state index contributed by atoms with van der Waals surface area (Å²) in [7, 11) is -0.606. The Morgan fingerprint density at radius 3 is 2.17 bits per heavy atom. The number of hydrogen-bond donors (Lipinski definition) is 1. The second-order valence-corrected chi connectivity index (χ2v) is 8.57. The van der Waals surface area contributed by atoms with Crippen LogP contribution in [0, 0.1) is 0 Å². The van der Waals surface area contributed by atoms with E-state index in [0.29, 0.717) is 37.6 Å². The van der Waals surface area contributed by atoms with Crippen molar-refractivity contribution >= 4 is 27.3 Å². The monoisotopic (exact) mass is 419 g/mol. The summed E-state index contributed by atoms with van der Waals surface area (Å²) in [4.78, 5) is 13.6. The molecule has 0 aromatic heterocycles. The van der Waals surface area contributed by atoms with E-state index in [0.717, 1.165) is 11.4 Å². The van der Waals surface area contributed by atoms with E-state index < -0.39 is 10.0 Å². The maximum absolute atomic E-state index is 13.1. The van der Waals surface area contributed by atoms with Crippen LogP contribution in [0.25, 0.3) is 0 Å². The topological polar surface area (TPSA) is 88.2 Å². The molecule has 8 nitrogen and oxygen atoms in total. The van der Waals surface area contributed by atoms with Gasteiger partial charge in [0.1, 0.15) is 11.5 Å². The van der Waals surface area contributed by atoms with Crippen LogP contribution in [0.15, 0.2) is 47.4 Å². The van der Waals surface area contributed by atoms with Crippen molar-refractivity contribution < 1.29 is 22.7 Å². The quantitative estimate of drug-likeness (QED) is 0.772. The highest BCUT2D eigenvalue weighted by Gasteiger charge is 2.29. The van der Waals surface area contributed by atoms with Crippen LogP contribution in [0.1, 0.15) is 6.92 Å². The lowest BCUT2D eigenvalue weighted by molar-refractivity contribution is -0.114. The molecule has 1 saturated heterocycles. The van der Waals surface area contributed by atoms with Gasteiger partial charge in [0.2, 0.25) is 15.9 Å². The first-order valence-corrected chi connectivity index (χ1v) is 10.6. The van der Waals surface area contributed by atoms with Crippen molar-refractivity contribution in [3.63, 3.8) is 0 Å². The third-order valence-corrected chi connectivity index (χ3v) is 6.69. The average Bonchev–Trinajstić information content (AvgIpc) is 2.73. The van der Waals surface area contributed by atoms with Crippen molar-refractivity contribution in [2.24, 2.45) is 0 Å². The molecular weight excluding hydrogens is 394 g/mol. The molecule has 29 heavy (non-hydrogen) atoms. The van der Waals surface area contributed by atoms with Gasteiger partial charge in [0, 0.05) is 44.9 Å². The Morgan fingerprint density at radius 2 is 1.62 bits per heavy atom. The van der Waals surface area contributed by atoms with Crippen molar-refractivity contribution in [3.8, 4) is 11.5 Å². The number of piperazine rings is 1. The van der Waals surface area contributed by atoms with Crippen LogP contribution in [0.4, 0.5) is 11.4 Å². The normalized spacial score (nSPS) is 15.1. The van der Waals surface area contributed by atoms with Gasteiger partial charge in [-0.05, 0) is 36.4 Å². The minimum absolute atomic E-state index is 0.140. The zero-order chi connectivity index (χ0) is 21.0. The lowest BCUT2D eigenvalue weighted by Gasteiger charge is -2.35. The average molecular weight is 420 g/mol. The maximum atomic E-state index is 13.1. The van der Waals surface area contributed by atoms with Gasteiger partial charge in [0.05, 0.1) is 24.8 Å². The van der Waals surface area contributed by atoms with Gasteiger partial charge in [-0.2, -0.15) is 4.31 Å². The molecule has 0 bridgehead atoms. The third-order valence-electron chi connectivity index (χ3n) is 4.80. The second-order valence-electron chi connectivity index (χ2n) is 6.63. The predicted molar refractivity (Wildman–Crippen MR) is 111 cm³/mol. The van der Waals surface area contributed by atoms with Gasteiger partial charge in [0.25, 0.3) is 0 Å². The first-order valence-electron chi connectivity index (χ1n) is 9.20. The number of rotatable bonds is 6. The van der Waals surface area contributed by atoms with E-state index in [2.05, 4.69) is 10.2 Å². The molecule has 1 N–H and O–H groups in total. The number of methoxy groups -OCH3 is 2. The van der Waals surface area contributed by atoms with Crippen molar-refractivity contribution in [3.05, 3.63) is 42.5 Å². The van der Waals surface area contributed by atoms with Gasteiger partial charge in [-0.25, -0.2) is 8.42 Å². The summed E-state index contributed by atoms with van der Waals surface area (Å²) in [5.74, 6) is 0.832. The molecule has 0 spiro atoms. The highest BCUT2D eigenvalue weighted by atomic mass is 32.2. The molecule has 1 fully saturated rings. The van der Waals surface area contributed by atoms with Crippen LogP contribution in [0.3, 0.4) is 0 Å². The van der Waals surface area contributed by atoms with Gasteiger partial charge in [-0.1, -0.05) is 0 Å². The summed E-state index contributed by atoms with van der Waals surface area (Å²) in [5.41, 5.74) is 1.47. The van der Waals surface area contributed by atoms with Crippen LogP contribution in [-0.2, 0) is 14.8 Å². The number of anilines is 2. The molecule has 2 aromatic carbocycles. The third kappa shape index (κ3) is 4.63. The molecule has 9 heteroatoms. The molecule has 0 radical (unpaired) electrons. The number of carbonyl (C=O) groups is 1. The lowest BCUT2D eigenvalue weighted by atomic mass is 10.2. The van der Waals surface area contributed by atoms with Crippen molar-refractivity contribution in [2.75, 3.05) is 50.6 Å². The first kappa shape index (κ1) is 20.9. The largest absolute Gasteiger partial charge is 0.497 e. The van der Waals surface area contributed by atoms with Crippen LogP contribution in [-0.4, -0.2) is 59.0 Å². The van der Waals surface area contributed by atoms with E-state index in [1.54, 1.807) is 13.2 Å². The van der Waals surface area contributed by atoms with Gasteiger partial charge in [0.15, 0.2) is 0 Å². The van der Waals surface area contributed by atoms with E-state index in [4.69, 9.17) is 9.47 Å². The van der Waals surface area contributed by atoms with Gasteiger partial charge < -0.3 is 19.7 Å². The predicted octanol–water partition coefficient (Wildman–Crippen LogP) is 2.17. The van der Waals surface area contributed by atoms with Crippen LogP contribution in [0.2, 0.25) is 0 Å². The standard InChI is InChI=1S/C20H25N3O5S/c1-15(24)21-19-9-8-18(14-20(19)28-3)29(25,26)23-12-10-22(11-13-23)16-4-6-17(27-2)7-5-16/h4-9,14H,10-13H2,1-3H3,(H,21,24). The van der Waals surface area contributed by atoms with Crippen molar-refractivity contribution in [1.29, 1.82) is 0 Å². The number of nitrogens with one attached hydrogen (secondary N) is 1. The summed E-state index contributed by atoms with van der Waals surface area (Å²) in [6, 6.07) is 12.2. The summed E-state index contributed by atoms with van der Waals surface area (Å²) in [6.07, 6.45) is 0. The van der Waals surface area contributed by atoms with E-state index in [1.165, 1.54) is 30.5 Å². The van der Waals surface area contributed by atoms with Crippen molar-refractivity contribution in [1.82, 2.24) is 4.31 Å². The maximum Gasteiger partial charge on any atom is 0.243 e. The van der Waals surface area contributed by atoms with Gasteiger partial charge >= 0.3 is 0 Å². The summed E-state index contributed by atoms with van der Waals surface area (Å²) in [6.45, 7) is 3.32. The number of carbonyl (C=O) groups excluding carboxylic acids is 1. The van der Waals surface area contributed by atoms with Crippen LogP contribution >= 0.6 is 0 Å². The minimum atomic E-state index is -3.66. The number of sulfonamides is 1. The first-order chi connectivity index (χ1) is 13.8. The van der Waals surface area contributed by atoms with Crippen molar-refractivity contribution in [2.45, 2.75) is 11.8 Å². The number of benzene rings is 2. The van der Waals surface area contributed by atoms with E-state index in [-0.39, 0.29) is 10.8 Å². The van der Waals surface area contributed by atoms with Crippen LogP contribution in [0.5, 0.6) is 11.5 Å². The smallest absolute Gasteiger partial charge is 0.243 e. The highest BCUT2D eigenvalue weighted by Crippen LogP contribution is 2.30. The molecule has 2 aromatic rings. The Kier molecular flexibility index (Phi) is 6.29. The number of hydrogen-bond acceptors (Lipinski definition) is 6. The van der Waals surface area contributed by atoms with E-state index >= 15 is 0 Å². The number of amides is 1. The Bertz CT molecular complexity index is 968. The summed E-state index contributed by atoms with van der Waals surface area (Å²) >= 11 is 0. The highest BCUT2D eigenvalue weighted by molar-refractivity contribution is 7.89. The molecule has 156 valence electrons. The summed E-state index contributed by atoms with van der Waals surface area (Å²) in [5, 5.41) is 2.63. The number of nitrogens with zero attached hydrogens (tertiary/aromatic N) is 2. The molecule has 1 aliphatic heterocycles. The molecule has 0 aliphatic carbocycles. The Hall–Kier alpha value is -2.78. The molecule has 0 saturated carbocycles. The Labute approximate surface area is 171 Å². The molecule has 3 rings (SSSR count). The fraction of sp³-hybridized carbons (Fsp3) is 0.350. The molecule has 1 heterocycles. The fourth-order valence-electron chi connectivity index (χ4n) is 3.25. The summed E-state index contributed by atoms with van der Waals surface area (Å²) < 4.78 is 38.0. The Morgan fingerprint density at radius 1 is 0.966 bits per heavy atom. The Balaban J connectivity index is 1.73. The molecule has 1 amide bonds. The molecule has 1 aliphatic rings. The second kappa shape index (κ2) is 8.71. The number of ether oxygens (including phenoxy) is 2. The van der Waals surface area contributed by atoms with E-state index in [1.807, 2.05) is 24.3 Å². The van der Waals surface area contributed by atoms with Gasteiger partial charge in [-0.3, -0.25) is 4.79 Å². The van der Waals surface area contributed by atoms with Crippen LogP contribution < -0.4 is 19.7 Å². The zero-order valence-electron chi connectivity index (χ0n) is 16.7. The zero-order valence-corrected chi connectivity index (χ0v) is 17.5. The van der Waals surface area contributed by atoms with Gasteiger partial charge in [-0.15, -0.1) is 0 Å². The molecule has 0 unspecified atom stereocenters. The van der Waals surface area contributed by atoms with E-state index in [9.17, 15) is 13.2 Å².